The number of hydrogen-bond acceptors (Lipinski definition) is 4. The minimum absolute atomic E-state index is 0.00111. The van der Waals surface area contributed by atoms with Crippen LogP contribution in [-0.2, 0) is 16.1 Å². The van der Waals surface area contributed by atoms with Crippen molar-refractivity contribution in [3.63, 3.8) is 0 Å². The second kappa shape index (κ2) is 9.95. The van der Waals surface area contributed by atoms with E-state index in [0.29, 0.717) is 22.6 Å². The van der Waals surface area contributed by atoms with Crippen LogP contribution in [0.25, 0.3) is 0 Å². The van der Waals surface area contributed by atoms with Crippen LogP contribution in [0.1, 0.15) is 23.6 Å². The van der Waals surface area contributed by atoms with E-state index >= 15 is 0 Å². The Morgan fingerprint density at radius 1 is 1.00 bits per heavy atom. The van der Waals surface area contributed by atoms with Crippen molar-refractivity contribution in [1.29, 1.82) is 0 Å². The molecule has 1 aliphatic heterocycles. The lowest BCUT2D eigenvalue weighted by atomic mass is 10.0. The summed E-state index contributed by atoms with van der Waals surface area (Å²) in [7, 11) is 0. The Labute approximate surface area is 190 Å². The van der Waals surface area contributed by atoms with Gasteiger partial charge in [-0.15, -0.1) is 0 Å². The second-order valence-corrected chi connectivity index (χ2v) is 7.54. The minimum atomic E-state index is -0.660. The molecule has 1 fully saturated rings. The van der Waals surface area contributed by atoms with Crippen LogP contribution < -0.4 is 15.4 Å². The van der Waals surface area contributed by atoms with Gasteiger partial charge in [0.05, 0.1) is 12.5 Å². The van der Waals surface area contributed by atoms with Crippen molar-refractivity contribution in [3.05, 3.63) is 95.8 Å². The standard InChI is InChI=1S/C25H22FN3O4/c26-21-12-5-4-7-18(21)15-27-23(30)16-29-24(31)14-22(28-25(29)32)17-8-6-11-20(13-17)33-19-9-2-1-3-10-19/h1-13,22H,14-16H2,(H,27,30)(H,28,32)/t22-/m1/s1. The van der Waals surface area contributed by atoms with Crippen LogP contribution in [0.2, 0.25) is 0 Å². The van der Waals surface area contributed by atoms with E-state index in [9.17, 15) is 18.8 Å². The van der Waals surface area contributed by atoms with E-state index in [1.165, 1.54) is 6.07 Å². The summed E-state index contributed by atoms with van der Waals surface area (Å²) in [5.41, 5.74) is 1.03. The summed E-state index contributed by atoms with van der Waals surface area (Å²) < 4.78 is 19.5. The summed E-state index contributed by atoms with van der Waals surface area (Å²) in [4.78, 5) is 38.3. The lowest BCUT2D eigenvalue weighted by Crippen LogP contribution is -2.54. The second-order valence-electron chi connectivity index (χ2n) is 7.54. The third-order valence-electron chi connectivity index (χ3n) is 5.20. The maximum Gasteiger partial charge on any atom is 0.325 e. The van der Waals surface area contributed by atoms with E-state index in [-0.39, 0.29) is 13.0 Å². The first-order valence-corrected chi connectivity index (χ1v) is 10.4. The Morgan fingerprint density at radius 2 is 1.73 bits per heavy atom. The van der Waals surface area contributed by atoms with Gasteiger partial charge < -0.3 is 15.4 Å². The first-order chi connectivity index (χ1) is 16.0. The van der Waals surface area contributed by atoms with Gasteiger partial charge in [0.25, 0.3) is 0 Å². The smallest absolute Gasteiger partial charge is 0.325 e. The first-order valence-electron chi connectivity index (χ1n) is 10.4. The van der Waals surface area contributed by atoms with Crippen LogP contribution in [0.15, 0.2) is 78.9 Å². The molecule has 4 rings (SSSR count). The van der Waals surface area contributed by atoms with Crippen molar-refractivity contribution >= 4 is 17.8 Å². The van der Waals surface area contributed by atoms with E-state index in [0.717, 1.165) is 4.90 Å². The Bertz CT molecular complexity index is 1150. The fourth-order valence-corrected chi connectivity index (χ4v) is 3.49. The molecule has 0 aromatic heterocycles. The summed E-state index contributed by atoms with van der Waals surface area (Å²) >= 11 is 0. The molecule has 1 atom stereocenters. The molecule has 1 aliphatic rings. The normalized spacial score (nSPS) is 15.7. The molecule has 0 unspecified atom stereocenters. The fourth-order valence-electron chi connectivity index (χ4n) is 3.49. The molecule has 4 amide bonds. The van der Waals surface area contributed by atoms with Gasteiger partial charge >= 0.3 is 6.03 Å². The molecule has 0 radical (unpaired) electrons. The molecule has 0 aliphatic carbocycles. The number of imide groups is 1. The third-order valence-corrected chi connectivity index (χ3v) is 5.20. The van der Waals surface area contributed by atoms with Crippen LogP contribution in [0.5, 0.6) is 11.5 Å². The van der Waals surface area contributed by atoms with E-state index in [4.69, 9.17) is 4.74 Å². The van der Waals surface area contributed by atoms with Crippen LogP contribution >= 0.6 is 0 Å². The van der Waals surface area contributed by atoms with E-state index in [2.05, 4.69) is 10.6 Å². The summed E-state index contributed by atoms with van der Waals surface area (Å²) in [6, 6.07) is 21.3. The molecule has 1 saturated heterocycles. The number of rotatable bonds is 7. The van der Waals surface area contributed by atoms with Crippen molar-refractivity contribution in [2.45, 2.75) is 19.0 Å². The maximum absolute atomic E-state index is 13.7. The monoisotopic (exact) mass is 447 g/mol. The van der Waals surface area contributed by atoms with Crippen molar-refractivity contribution < 1.29 is 23.5 Å². The molecule has 8 heteroatoms. The number of hydrogen-bond donors (Lipinski definition) is 2. The number of carbonyl (C=O) groups excluding carboxylic acids is 3. The zero-order chi connectivity index (χ0) is 23.2. The topological polar surface area (TPSA) is 87.7 Å². The summed E-state index contributed by atoms with van der Waals surface area (Å²) in [5.74, 6) is -0.218. The number of benzene rings is 3. The van der Waals surface area contributed by atoms with Gasteiger partial charge in [-0.2, -0.15) is 0 Å². The highest BCUT2D eigenvalue weighted by atomic mass is 19.1. The van der Waals surface area contributed by atoms with Gasteiger partial charge in [0.1, 0.15) is 23.9 Å². The van der Waals surface area contributed by atoms with Crippen molar-refractivity contribution in [2.75, 3.05) is 6.54 Å². The number of nitrogens with zero attached hydrogens (tertiary/aromatic N) is 1. The summed E-state index contributed by atoms with van der Waals surface area (Å²) in [5, 5.41) is 5.30. The molecule has 0 saturated carbocycles. The summed E-state index contributed by atoms with van der Waals surface area (Å²) in [6.07, 6.45) is 0.00111. The van der Waals surface area contributed by atoms with Gasteiger partial charge in [-0.3, -0.25) is 14.5 Å². The molecule has 3 aromatic rings. The molecular formula is C25H22FN3O4. The molecule has 0 spiro atoms. The molecular weight excluding hydrogens is 425 g/mol. The predicted octanol–water partition coefficient (Wildman–Crippen LogP) is 3.92. The highest BCUT2D eigenvalue weighted by Gasteiger charge is 2.34. The molecule has 0 bridgehead atoms. The van der Waals surface area contributed by atoms with Gasteiger partial charge in [-0.1, -0.05) is 48.5 Å². The first kappa shape index (κ1) is 22.0. The summed E-state index contributed by atoms with van der Waals surface area (Å²) in [6.45, 7) is -0.477. The Balaban J connectivity index is 1.35. The molecule has 33 heavy (non-hydrogen) atoms. The van der Waals surface area contributed by atoms with Crippen molar-refractivity contribution in [3.8, 4) is 11.5 Å². The number of carbonyl (C=O) groups is 3. The zero-order valence-electron chi connectivity index (χ0n) is 17.7. The highest BCUT2D eigenvalue weighted by molar-refractivity contribution is 6.00. The molecule has 1 heterocycles. The van der Waals surface area contributed by atoms with Crippen LogP contribution in [0, 0.1) is 5.82 Å². The average Bonchev–Trinajstić information content (AvgIpc) is 2.81. The number of nitrogens with one attached hydrogen (secondary N) is 2. The number of halogens is 1. The number of urea groups is 1. The Kier molecular flexibility index (Phi) is 6.64. The molecule has 3 aromatic carbocycles. The van der Waals surface area contributed by atoms with Crippen LogP contribution in [0.4, 0.5) is 9.18 Å². The Morgan fingerprint density at radius 3 is 2.48 bits per heavy atom. The van der Waals surface area contributed by atoms with Gasteiger partial charge in [0, 0.05) is 12.1 Å². The van der Waals surface area contributed by atoms with Gasteiger partial charge in [-0.05, 0) is 35.9 Å². The number of para-hydroxylation sites is 1. The number of amides is 4. The molecule has 7 nitrogen and oxygen atoms in total. The van der Waals surface area contributed by atoms with E-state index in [1.54, 1.807) is 42.5 Å². The van der Waals surface area contributed by atoms with Gasteiger partial charge in [0.15, 0.2) is 0 Å². The average molecular weight is 447 g/mol. The molecule has 2 N–H and O–H groups in total. The lowest BCUT2D eigenvalue weighted by molar-refractivity contribution is -0.134. The van der Waals surface area contributed by atoms with Crippen LogP contribution in [-0.4, -0.2) is 29.3 Å². The number of ether oxygens (including phenoxy) is 1. The fraction of sp³-hybridized carbons (Fsp3) is 0.160. The largest absolute Gasteiger partial charge is 0.457 e. The molecule has 168 valence electrons. The van der Waals surface area contributed by atoms with Gasteiger partial charge in [0.2, 0.25) is 11.8 Å². The predicted molar refractivity (Wildman–Crippen MR) is 119 cm³/mol. The SMILES string of the molecule is O=C(CN1C(=O)C[C@H](c2cccc(Oc3ccccc3)c2)NC1=O)NCc1ccccc1F. The quantitative estimate of drug-likeness (QED) is 0.575. The van der Waals surface area contributed by atoms with E-state index < -0.39 is 36.2 Å². The Hall–Kier alpha value is -4.20. The maximum atomic E-state index is 13.7. The zero-order valence-corrected chi connectivity index (χ0v) is 17.7. The van der Waals surface area contributed by atoms with E-state index in [1.807, 2.05) is 30.3 Å². The lowest BCUT2D eigenvalue weighted by Gasteiger charge is -2.31. The van der Waals surface area contributed by atoms with Crippen molar-refractivity contribution in [2.24, 2.45) is 0 Å². The third kappa shape index (κ3) is 5.54. The minimum Gasteiger partial charge on any atom is -0.457 e. The highest BCUT2D eigenvalue weighted by Crippen LogP contribution is 2.28. The van der Waals surface area contributed by atoms with Gasteiger partial charge in [-0.25, -0.2) is 9.18 Å². The van der Waals surface area contributed by atoms with Crippen molar-refractivity contribution in [1.82, 2.24) is 15.5 Å². The van der Waals surface area contributed by atoms with Crippen LogP contribution in [0.3, 0.4) is 0 Å².